The number of fused-ring (bicyclic) bond motifs is 5. The van der Waals surface area contributed by atoms with E-state index in [4.69, 9.17) is 0 Å². The Kier molecular flexibility index (Phi) is 4.30. The van der Waals surface area contributed by atoms with E-state index in [1.165, 1.54) is 51.4 Å². The van der Waals surface area contributed by atoms with Gasteiger partial charge in [-0.3, -0.25) is 10.2 Å². The second-order valence-electron chi connectivity index (χ2n) is 10.0. The molecule has 1 unspecified atom stereocenters. The molecule has 140 valence electrons. The van der Waals surface area contributed by atoms with Crippen molar-refractivity contribution in [1.82, 2.24) is 10.4 Å². The highest BCUT2D eigenvalue weighted by Crippen LogP contribution is 2.66. The second kappa shape index (κ2) is 6.11. The summed E-state index contributed by atoms with van der Waals surface area (Å²) in [5.74, 6) is 3.52. The Bertz CT molecular complexity index is 583. The number of nitrogens with zero attached hydrogens (tertiary/aromatic N) is 1. The molecule has 0 aromatic rings. The van der Waals surface area contributed by atoms with E-state index < -0.39 is 0 Å². The molecule has 25 heavy (non-hydrogen) atoms. The van der Waals surface area contributed by atoms with Crippen LogP contribution in [0.1, 0.15) is 71.6 Å². The SMILES string of the molecule is CN(C)NC(=O)C1=CC[C@H]2[C@@H]3CCC4CCCC[C@]4(C)[C@H]3CC[C@]12C. The molecule has 0 bridgehead atoms. The highest BCUT2D eigenvalue weighted by atomic mass is 16.2. The molecule has 1 amide bonds. The first kappa shape index (κ1) is 17.6. The van der Waals surface area contributed by atoms with E-state index in [-0.39, 0.29) is 11.3 Å². The van der Waals surface area contributed by atoms with Gasteiger partial charge in [0.15, 0.2) is 0 Å². The first-order chi connectivity index (χ1) is 11.9. The summed E-state index contributed by atoms with van der Waals surface area (Å²) in [4.78, 5) is 12.7. The van der Waals surface area contributed by atoms with Gasteiger partial charge in [-0.1, -0.05) is 32.8 Å². The summed E-state index contributed by atoms with van der Waals surface area (Å²) >= 11 is 0. The summed E-state index contributed by atoms with van der Waals surface area (Å²) in [6.45, 7) is 5.01. The molecule has 3 heteroatoms. The van der Waals surface area contributed by atoms with Gasteiger partial charge in [-0.25, -0.2) is 5.01 Å². The van der Waals surface area contributed by atoms with Crippen LogP contribution in [0.2, 0.25) is 0 Å². The van der Waals surface area contributed by atoms with Crippen molar-refractivity contribution in [1.29, 1.82) is 0 Å². The quantitative estimate of drug-likeness (QED) is 0.746. The number of rotatable bonds is 2. The van der Waals surface area contributed by atoms with E-state index in [9.17, 15) is 4.79 Å². The van der Waals surface area contributed by atoms with Gasteiger partial charge >= 0.3 is 0 Å². The maximum atomic E-state index is 12.7. The van der Waals surface area contributed by atoms with Gasteiger partial charge in [0.1, 0.15) is 0 Å². The van der Waals surface area contributed by atoms with Crippen LogP contribution in [0.4, 0.5) is 0 Å². The van der Waals surface area contributed by atoms with Gasteiger partial charge in [0.2, 0.25) is 0 Å². The molecule has 0 aromatic carbocycles. The van der Waals surface area contributed by atoms with Crippen LogP contribution in [0, 0.1) is 34.5 Å². The van der Waals surface area contributed by atoms with E-state index in [0.717, 1.165) is 29.7 Å². The van der Waals surface area contributed by atoms with E-state index in [2.05, 4.69) is 25.3 Å². The predicted octanol–water partition coefficient (Wildman–Crippen LogP) is 4.55. The fraction of sp³-hybridized carbons (Fsp3) is 0.864. The topological polar surface area (TPSA) is 32.3 Å². The molecule has 0 aliphatic heterocycles. The minimum Gasteiger partial charge on any atom is -0.286 e. The van der Waals surface area contributed by atoms with Gasteiger partial charge in [0.25, 0.3) is 5.91 Å². The number of hydrazine groups is 1. The molecule has 3 nitrogen and oxygen atoms in total. The monoisotopic (exact) mass is 344 g/mol. The van der Waals surface area contributed by atoms with Crippen molar-refractivity contribution in [2.45, 2.75) is 71.6 Å². The smallest absolute Gasteiger partial charge is 0.261 e. The fourth-order valence-corrected chi connectivity index (χ4v) is 7.48. The van der Waals surface area contributed by atoms with E-state index in [1.54, 1.807) is 5.01 Å². The molecule has 0 heterocycles. The lowest BCUT2D eigenvalue weighted by Gasteiger charge is -2.60. The molecule has 4 aliphatic carbocycles. The van der Waals surface area contributed by atoms with Crippen LogP contribution in [0.15, 0.2) is 11.6 Å². The van der Waals surface area contributed by atoms with Crippen LogP contribution in [-0.2, 0) is 4.79 Å². The number of nitrogens with one attached hydrogen (secondary N) is 1. The van der Waals surface area contributed by atoms with Crippen molar-refractivity contribution >= 4 is 5.91 Å². The first-order valence-corrected chi connectivity index (χ1v) is 10.6. The average molecular weight is 345 g/mol. The van der Waals surface area contributed by atoms with Gasteiger partial charge in [-0.15, -0.1) is 0 Å². The van der Waals surface area contributed by atoms with Crippen LogP contribution in [0.3, 0.4) is 0 Å². The zero-order valence-corrected chi connectivity index (χ0v) is 16.6. The van der Waals surface area contributed by atoms with Crippen LogP contribution in [0.25, 0.3) is 0 Å². The zero-order chi connectivity index (χ0) is 17.8. The van der Waals surface area contributed by atoms with Crippen molar-refractivity contribution in [2.24, 2.45) is 34.5 Å². The van der Waals surface area contributed by atoms with Crippen molar-refractivity contribution in [3.8, 4) is 0 Å². The molecule has 3 saturated carbocycles. The molecule has 6 atom stereocenters. The molecule has 4 aliphatic rings. The Morgan fingerprint density at radius 1 is 1.08 bits per heavy atom. The van der Waals surface area contributed by atoms with E-state index >= 15 is 0 Å². The van der Waals surface area contributed by atoms with Crippen molar-refractivity contribution in [2.75, 3.05) is 14.1 Å². The van der Waals surface area contributed by atoms with Gasteiger partial charge in [0.05, 0.1) is 0 Å². The Morgan fingerprint density at radius 3 is 2.64 bits per heavy atom. The first-order valence-electron chi connectivity index (χ1n) is 10.6. The van der Waals surface area contributed by atoms with Gasteiger partial charge in [-0.05, 0) is 74.0 Å². The number of amides is 1. The minimum atomic E-state index is 0.0964. The summed E-state index contributed by atoms with van der Waals surface area (Å²) in [6.07, 6.45) is 14.6. The normalized spacial score (nSPS) is 46.0. The van der Waals surface area contributed by atoms with Gasteiger partial charge in [-0.2, -0.15) is 0 Å². The predicted molar refractivity (Wildman–Crippen MR) is 102 cm³/mol. The largest absolute Gasteiger partial charge is 0.286 e. The molecule has 0 saturated heterocycles. The lowest BCUT2D eigenvalue weighted by molar-refractivity contribution is -0.125. The summed E-state index contributed by atoms with van der Waals surface area (Å²) in [6, 6.07) is 0. The molecule has 0 radical (unpaired) electrons. The second-order valence-corrected chi connectivity index (χ2v) is 10.0. The average Bonchev–Trinajstić information content (AvgIpc) is 2.91. The Morgan fingerprint density at radius 2 is 1.88 bits per heavy atom. The summed E-state index contributed by atoms with van der Waals surface area (Å²) in [7, 11) is 3.80. The Labute approximate surface area is 153 Å². The summed E-state index contributed by atoms with van der Waals surface area (Å²) in [5, 5.41) is 1.78. The number of hydrogen-bond acceptors (Lipinski definition) is 2. The molecule has 1 N–H and O–H groups in total. The molecular formula is C22H36N2O. The van der Waals surface area contributed by atoms with Crippen LogP contribution in [0.5, 0.6) is 0 Å². The van der Waals surface area contributed by atoms with Gasteiger partial charge < -0.3 is 0 Å². The molecule has 0 aromatic heterocycles. The minimum absolute atomic E-state index is 0.0964. The van der Waals surface area contributed by atoms with Crippen LogP contribution >= 0.6 is 0 Å². The number of allylic oxidation sites excluding steroid dienone is 1. The number of hydrogen-bond donors (Lipinski definition) is 1. The lowest BCUT2D eigenvalue weighted by atomic mass is 9.45. The molecular weight excluding hydrogens is 308 g/mol. The third kappa shape index (κ3) is 2.60. The number of carbonyl (C=O) groups is 1. The van der Waals surface area contributed by atoms with E-state index in [1.807, 2.05) is 14.1 Å². The highest BCUT2D eigenvalue weighted by molar-refractivity contribution is 5.95. The molecule has 0 spiro atoms. The van der Waals surface area contributed by atoms with Crippen molar-refractivity contribution < 1.29 is 4.79 Å². The molecule has 3 fully saturated rings. The lowest BCUT2D eigenvalue weighted by Crippen LogP contribution is -2.53. The maximum absolute atomic E-state index is 12.7. The third-order valence-electron chi connectivity index (χ3n) is 8.73. The van der Waals surface area contributed by atoms with Crippen molar-refractivity contribution in [3.05, 3.63) is 11.6 Å². The highest BCUT2D eigenvalue weighted by Gasteiger charge is 2.58. The Hall–Kier alpha value is -0.830. The molecule has 4 rings (SSSR count). The van der Waals surface area contributed by atoms with Crippen LogP contribution < -0.4 is 5.43 Å². The summed E-state index contributed by atoms with van der Waals surface area (Å²) < 4.78 is 0. The Balaban J connectivity index is 1.57. The van der Waals surface area contributed by atoms with Crippen LogP contribution in [-0.4, -0.2) is 25.0 Å². The third-order valence-corrected chi connectivity index (χ3v) is 8.73. The zero-order valence-electron chi connectivity index (χ0n) is 16.6. The standard InChI is InChI=1S/C22H36N2O/c1-21-13-6-5-7-15(21)8-9-16-17-10-11-19(20(25)23-24(3)4)22(17,2)14-12-18(16)21/h11,15-18H,5-10,12-14H2,1-4H3,(H,23,25)/t15?,16-,17-,18-,21-,22-/m0/s1. The number of carbonyl (C=O) groups excluding carboxylic acids is 1. The van der Waals surface area contributed by atoms with E-state index in [0.29, 0.717) is 11.3 Å². The maximum Gasteiger partial charge on any atom is 0.261 e. The summed E-state index contributed by atoms with van der Waals surface area (Å²) in [5.41, 5.74) is 4.74. The van der Waals surface area contributed by atoms with Crippen molar-refractivity contribution in [3.63, 3.8) is 0 Å². The van der Waals surface area contributed by atoms with Gasteiger partial charge in [0, 0.05) is 25.1 Å². The fourth-order valence-electron chi connectivity index (χ4n) is 7.48.